The van der Waals surface area contributed by atoms with Crippen molar-refractivity contribution in [1.82, 2.24) is 15.1 Å². The van der Waals surface area contributed by atoms with E-state index in [4.69, 9.17) is 5.73 Å². The molecular formula is C15H30N4O. The Balaban J connectivity index is 1.82. The van der Waals surface area contributed by atoms with Gasteiger partial charge in [-0.05, 0) is 39.3 Å². The van der Waals surface area contributed by atoms with Gasteiger partial charge >= 0.3 is 0 Å². The van der Waals surface area contributed by atoms with Crippen LogP contribution in [0, 0.1) is 0 Å². The highest BCUT2D eigenvalue weighted by Gasteiger charge is 2.34. The van der Waals surface area contributed by atoms with E-state index in [2.05, 4.69) is 36.0 Å². The van der Waals surface area contributed by atoms with Crippen LogP contribution < -0.4 is 11.1 Å². The lowest BCUT2D eigenvalue weighted by Gasteiger charge is -2.27. The van der Waals surface area contributed by atoms with Crippen molar-refractivity contribution in [3.8, 4) is 0 Å². The van der Waals surface area contributed by atoms with Crippen molar-refractivity contribution >= 4 is 5.91 Å². The molecule has 1 amide bonds. The van der Waals surface area contributed by atoms with Gasteiger partial charge in [-0.1, -0.05) is 13.8 Å². The Bertz CT molecular complexity index is 334. The van der Waals surface area contributed by atoms with Crippen LogP contribution in [0.5, 0.6) is 0 Å². The quantitative estimate of drug-likeness (QED) is 0.740. The maximum absolute atomic E-state index is 11.5. The summed E-state index contributed by atoms with van der Waals surface area (Å²) in [6.45, 7) is 7.36. The van der Waals surface area contributed by atoms with Crippen LogP contribution in [0.25, 0.3) is 0 Å². The molecule has 2 rings (SSSR count). The second-order valence-electron chi connectivity index (χ2n) is 6.70. The van der Waals surface area contributed by atoms with Crippen molar-refractivity contribution in [2.75, 3.05) is 26.7 Å². The third-order valence-corrected chi connectivity index (χ3v) is 4.84. The minimum absolute atomic E-state index is 0.201. The van der Waals surface area contributed by atoms with Crippen LogP contribution in [0.15, 0.2) is 0 Å². The van der Waals surface area contributed by atoms with Gasteiger partial charge in [-0.25, -0.2) is 0 Å². The Labute approximate surface area is 122 Å². The van der Waals surface area contributed by atoms with Gasteiger partial charge in [-0.2, -0.15) is 0 Å². The summed E-state index contributed by atoms with van der Waals surface area (Å²) < 4.78 is 0. The van der Waals surface area contributed by atoms with E-state index in [1.165, 1.54) is 19.3 Å². The Morgan fingerprint density at radius 3 is 2.65 bits per heavy atom. The average Bonchev–Trinajstić information content (AvgIpc) is 2.60. The highest BCUT2D eigenvalue weighted by Crippen LogP contribution is 2.28. The summed E-state index contributed by atoms with van der Waals surface area (Å²) in [4.78, 5) is 16.6. The van der Waals surface area contributed by atoms with Gasteiger partial charge in [0.25, 0.3) is 0 Å². The molecule has 0 aromatic rings. The number of hydrogen-bond donors (Lipinski definition) is 2. The van der Waals surface area contributed by atoms with Gasteiger partial charge in [0, 0.05) is 31.2 Å². The number of likely N-dealkylation sites (N-methyl/N-ethyl adjacent to an activating group) is 1. The fourth-order valence-electron chi connectivity index (χ4n) is 3.60. The smallest absolute Gasteiger partial charge is 0.234 e. The van der Waals surface area contributed by atoms with Crippen molar-refractivity contribution in [2.45, 2.75) is 63.7 Å². The minimum atomic E-state index is -0.229. The maximum Gasteiger partial charge on any atom is 0.234 e. The first kappa shape index (κ1) is 15.7. The number of carbonyl (C=O) groups excluding carboxylic acids is 1. The number of fused-ring (bicyclic) bond motifs is 2. The standard InChI is InChI=1S/C15H30N4O/c1-11(2)17-14(15(16)20)7-9-19-8-6-12-4-5-13(10-19)18(12)3/h11-14,17H,4-10H2,1-3H3,(H2,16,20). The van der Waals surface area contributed by atoms with E-state index in [1.54, 1.807) is 0 Å². The number of nitrogens with zero attached hydrogens (tertiary/aromatic N) is 2. The Morgan fingerprint density at radius 2 is 2.00 bits per heavy atom. The molecule has 3 unspecified atom stereocenters. The summed E-state index contributed by atoms with van der Waals surface area (Å²) in [5, 5.41) is 3.27. The highest BCUT2D eigenvalue weighted by atomic mass is 16.1. The summed E-state index contributed by atoms with van der Waals surface area (Å²) in [6.07, 6.45) is 4.75. The molecular weight excluding hydrogens is 252 g/mol. The van der Waals surface area contributed by atoms with Crippen LogP contribution in [0.4, 0.5) is 0 Å². The van der Waals surface area contributed by atoms with Crippen LogP contribution in [-0.4, -0.2) is 66.6 Å². The zero-order valence-corrected chi connectivity index (χ0v) is 13.1. The summed E-state index contributed by atoms with van der Waals surface area (Å²) in [5.41, 5.74) is 5.49. The molecule has 2 aliphatic rings. The fourth-order valence-corrected chi connectivity index (χ4v) is 3.60. The van der Waals surface area contributed by atoms with Crippen LogP contribution in [0.2, 0.25) is 0 Å². The van der Waals surface area contributed by atoms with Crippen molar-refractivity contribution in [2.24, 2.45) is 5.73 Å². The average molecular weight is 282 g/mol. The first-order chi connectivity index (χ1) is 9.47. The molecule has 20 heavy (non-hydrogen) atoms. The van der Waals surface area contributed by atoms with E-state index in [0.717, 1.165) is 32.1 Å². The van der Waals surface area contributed by atoms with Crippen molar-refractivity contribution in [3.05, 3.63) is 0 Å². The summed E-state index contributed by atoms with van der Waals surface area (Å²) >= 11 is 0. The molecule has 3 atom stereocenters. The van der Waals surface area contributed by atoms with Crippen molar-refractivity contribution in [1.29, 1.82) is 0 Å². The van der Waals surface area contributed by atoms with Gasteiger partial charge < -0.3 is 16.0 Å². The minimum Gasteiger partial charge on any atom is -0.368 e. The van der Waals surface area contributed by atoms with E-state index in [0.29, 0.717) is 12.1 Å². The van der Waals surface area contributed by atoms with Crippen LogP contribution >= 0.6 is 0 Å². The van der Waals surface area contributed by atoms with Crippen molar-refractivity contribution < 1.29 is 4.79 Å². The lowest BCUT2D eigenvalue weighted by molar-refractivity contribution is -0.120. The predicted octanol–water partition coefficient (Wildman–Crippen LogP) is 0.397. The second kappa shape index (κ2) is 6.87. The van der Waals surface area contributed by atoms with E-state index in [1.807, 2.05) is 0 Å². The van der Waals surface area contributed by atoms with Gasteiger partial charge in [0.05, 0.1) is 6.04 Å². The van der Waals surface area contributed by atoms with Crippen LogP contribution in [-0.2, 0) is 4.79 Å². The number of nitrogens with one attached hydrogen (secondary N) is 1. The first-order valence-electron chi connectivity index (χ1n) is 7.97. The molecule has 2 saturated heterocycles. The lowest BCUT2D eigenvalue weighted by Crippen LogP contribution is -2.47. The first-order valence-corrected chi connectivity index (χ1v) is 7.97. The maximum atomic E-state index is 11.5. The SMILES string of the molecule is CC(C)NC(CCN1CCC2CCC(C1)N2C)C(N)=O. The molecule has 0 spiro atoms. The van der Waals surface area contributed by atoms with E-state index in [9.17, 15) is 4.79 Å². The van der Waals surface area contributed by atoms with Gasteiger partial charge in [0.15, 0.2) is 0 Å². The molecule has 116 valence electrons. The zero-order chi connectivity index (χ0) is 14.7. The zero-order valence-electron chi connectivity index (χ0n) is 13.1. The lowest BCUT2D eigenvalue weighted by atomic mass is 10.1. The largest absolute Gasteiger partial charge is 0.368 e. The molecule has 0 saturated carbocycles. The summed E-state index contributed by atoms with van der Waals surface area (Å²) in [5.74, 6) is -0.229. The number of nitrogens with two attached hydrogens (primary N) is 1. The molecule has 2 aliphatic heterocycles. The molecule has 0 aliphatic carbocycles. The Morgan fingerprint density at radius 1 is 1.30 bits per heavy atom. The number of primary amides is 1. The van der Waals surface area contributed by atoms with E-state index in [-0.39, 0.29) is 11.9 Å². The molecule has 0 radical (unpaired) electrons. The van der Waals surface area contributed by atoms with Gasteiger partial charge in [0.2, 0.25) is 5.91 Å². The van der Waals surface area contributed by atoms with Crippen LogP contribution in [0.3, 0.4) is 0 Å². The molecule has 0 aromatic carbocycles. The molecule has 3 N–H and O–H groups in total. The number of carbonyl (C=O) groups is 1. The van der Waals surface area contributed by atoms with Crippen LogP contribution in [0.1, 0.15) is 39.5 Å². The number of likely N-dealkylation sites (tertiary alicyclic amines) is 1. The van der Waals surface area contributed by atoms with E-state index < -0.39 is 0 Å². The van der Waals surface area contributed by atoms with Crippen molar-refractivity contribution in [3.63, 3.8) is 0 Å². The topological polar surface area (TPSA) is 61.6 Å². The summed E-state index contributed by atoms with van der Waals surface area (Å²) in [6, 6.07) is 1.56. The predicted molar refractivity (Wildman–Crippen MR) is 81.5 cm³/mol. The summed E-state index contributed by atoms with van der Waals surface area (Å²) in [7, 11) is 2.26. The van der Waals surface area contributed by atoms with E-state index >= 15 is 0 Å². The van der Waals surface area contributed by atoms with Gasteiger partial charge in [0.1, 0.15) is 0 Å². The van der Waals surface area contributed by atoms with Gasteiger partial charge in [-0.3, -0.25) is 9.69 Å². The third kappa shape index (κ3) is 3.93. The monoisotopic (exact) mass is 282 g/mol. The molecule has 2 bridgehead atoms. The molecule has 5 nitrogen and oxygen atoms in total. The fraction of sp³-hybridized carbons (Fsp3) is 0.933. The Kier molecular flexibility index (Phi) is 5.41. The Hall–Kier alpha value is -0.650. The van der Waals surface area contributed by atoms with Gasteiger partial charge in [-0.15, -0.1) is 0 Å². The highest BCUT2D eigenvalue weighted by molar-refractivity contribution is 5.79. The molecule has 0 aromatic heterocycles. The molecule has 2 heterocycles. The number of hydrogen-bond acceptors (Lipinski definition) is 4. The normalized spacial score (nSPS) is 29.6. The number of amides is 1. The third-order valence-electron chi connectivity index (χ3n) is 4.84. The molecule has 2 fully saturated rings. The second-order valence-corrected chi connectivity index (χ2v) is 6.70. The molecule has 5 heteroatoms. The number of rotatable bonds is 6.